The van der Waals surface area contributed by atoms with Crippen molar-refractivity contribution < 1.29 is 8.42 Å². The Kier molecular flexibility index (Phi) is 4.39. The highest BCUT2D eigenvalue weighted by atomic mass is 32.2. The van der Waals surface area contributed by atoms with E-state index in [2.05, 4.69) is 24.4 Å². The number of nitrogens with one attached hydrogen (secondary N) is 1. The highest BCUT2D eigenvalue weighted by Crippen LogP contribution is 2.19. The van der Waals surface area contributed by atoms with Crippen LogP contribution in [0.25, 0.3) is 0 Å². The largest absolute Gasteiger partial charge is 0.307 e. The van der Waals surface area contributed by atoms with Gasteiger partial charge in [-0.1, -0.05) is 24.3 Å². The first kappa shape index (κ1) is 14.2. The lowest BCUT2D eigenvalue weighted by Crippen LogP contribution is -2.32. The maximum absolute atomic E-state index is 11.2. The van der Waals surface area contributed by atoms with E-state index in [1.54, 1.807) is 12.1 Å². The topological polar surface area (TPSA) is 72.2 Å². The fourth-order valence-corrected chi connectivity index (χ4v) is 2.86. The first-order valence-electron chi connectivity index (χ1n) is 6.50. The molecule has 0 radical (unpaired) electrons. The average molecular weight is 280 g/mol. The van der Waals surface area contributed by atoms with E-state index in [9.17, 15) is 8.42 Å². The summed E-state index contributed by atoms with van der Waals surface area (Å²) >= 11 is 0. The summed E-state index contributed by atoms with van der Waals surface area (Å²) in [6.07, 6.45) is 7.74. The van der Waals surface area contributed by atoms with Gasteiger partial charge in [0.1, 0.15) is 0 Å². The van der Waals surface area contributed by atoms with Crippen molar-refractivity contribution in [1.29, 1.82) is 0 Å². The van der Waals surface area contributed by atoms with Crippen molar-refractivity contribution in [2.75, 3.05) is 0 Å². The number of hydrogen-bond donors (Lipinski definition) is 2. The predicted octanol–water partition coefficient (Wildman–Crippen LogP) is 2.09. The number of hydrogen-bond acceptors (Lipinski definition) is 3. The number of rotatable bonds is 4. The Bertz CT molecular complexity index is 549. The zero-order valence-electron chi connectivity index (χ0n) is 11.0. The van der Waals surface area contributed by atoms with Gasteiger partial charge >= 0.3 is 0 Å². The lowest BCUT2D eigenvalue weighted by atomic mass is 9.99. The molecule has 2 rings (SSSR count). The molecule has 0 fully saturated rings. The van der Waals surface area contributed by atoms with Gasteiger partial charge in [0.05, 0.1) is 4.90 Å². The summed E-state index contributed by atoms with van der Waals surface area (Å²) in [4.78, 5) is 0.157. The first-order chi connectivity index (χ1) is 8.97. The van der Waals surface area contributed by atoms with Crippen molar-refractivity contribution in [1.82, 2.24) is 5.32 Å². The van der Waals surface area contributed by atoms with Crippen molar-refractivity contribution in [2.45, 2.75) is 43.2 Å². The third-order valence-corrected chi connectivity index (χ3v) is 4.39. The van der Waals surface area contributed by atoms with Gasteiger partial charge in [0.15, 0.2) is 0 Å². The third-order valence-electron chi connectivity index (χ3n) is 3.46. The Morgan fingerprint density at radius 3 is 2.47 bits per heavy atom. The van der Waals surface area contributed by atoms with Gasteiger partial charge in [-0.2, -0.15) is 0 Å². The van der Waals surface area contributed by atoms with Crippen molar-refractivity contribution >= 4 is 10.0 Å². The Morgan fingerprint density at radius 1 is 1.26 bits per heavy atom. The van der Waals surface area contributed by atoms with Gasteiger partial charge in [-0.05, 0) is 43.9 Å². The molecule has 0 spiro atoms. The lowest BCUT2D eigenvalue weighted by Gasteiger charge is -2.24. The summed E-state index contributed by atoms with van der Waals surface area (Å²) in [5.74, 6) is 0. The number of benzene rings is 1. The minimum atomic E-state index is -3.60. The Morgan fingerprint density at radius 2 is 1.95 bits per heavy atom. The van der Waals surface area contributed by atoms with E-state index < -0.39 is 10.0 Å². The van der Waals surface area contributed by atoms with Crippen LogP contribution < -0.4 is 10.5 Å². The summed E-state index contributed by atoms with van der Waals surface area (Å²) < 4.78 is 22.4. The minimum absolute atomic E-state index is 0.157. The number of primary sulfonamides is 1. The van der Waals surface area contributed by atoms with Crippen LogP contribution in [-0.4, -0.2) is 14.5 Å². The van der Waals surface area contributed by atoms with Crippen LogP contribution >= 0.6 is 0 Å². The molecule has 1 aliphatic rings. The fraction of sp³-hybridized carbons (Fsp3) is 0.429. The van der Waals surface area contributed by atoms with Crippen LogP contribution in [0.5, 0.6) is 0 Å². The Balaban J connectivity index is 2.03. The molecule has 1 aromatic carbocycles. The van der Waals surface area contributed by atoms with Crippen molar-refractivity contribution in [3.05, 3.63) is 42.0 Å². The van der Waals surface area contributed by atoms with Gasteiger partial charge < -0.3 is 5.32 Å². The van der Waals surface area contributed by atoms with E-state index >= 15 is 0 Å². The molecule has 2 atom stereocenters. The van der Waals surface area contributed by atoms with Crippen molar-refractivity contribution in [3.8, 4) is 0 Å². The number of allylic oxidation sites excluding steroid dienone is 1. The zero-order valence-corrected chi connectivity index (χ0v) is 11.9. The molecule has 0 amide bonds. The van der Waals surface area contributed by atoms with E-state index in [1.165, 1.54) is 0 Å². The summed E-state index contributed by atoms with van der Waals surface area (Å²) in [7, 11) is -3.60. The number of nitrogens with two attached hydrogens (primary N) is 1. The van der Waals surface area contributed by atoms with Crippen LogP contribution in [0.15, 0.2) is 41.3 Å². The zero-order chi connectivity index (χ0) is 13.9. The molecule has 19 heavy (non-hydrogen) atoms. The second kappa shape index (κ2) is 5.86. The molecule has 1 aromatic rings. The van der Waals surface area contributed by atoms with Crippen LogP contribution in [-0.2, 0) is 10.0 Å². The standard InChI is InChI=1S/C14H20N2O2S/c1-11(16-13-5-3-2-4-6-13)12-7-9-14(10-8-12)19(15,17)18/h2-3,7-11,13,16H,4-6H2,1H3,(H2,15,17,18). The molecular weight excluding hydrogens is 260 g/mol. The molecule has 0 aromatic heterocycles. The predicted molar refractivity (Wildman–Crippen MR) is 76.1 cm³/mol. The quantitative estimate of drug-likeness (QED) is 0.830. The molecule has 104 valence electrons. The van der Waals surface area contributed by atoms with E-state index in [4.69, 9.17) is 5.14 Å². The highest BCUT2D eigenvalue weighted by molar-refractivity contribution is 7.89. The van der Waals surface area contributed by atoms with Gasteiger partial charge in [-0.3, -0.25) is 0 Å². The van der Waals surface area contributed by atoms with Crippen LogP contribution in [0.3, 0.4) is 0 Å². The van der Waals surface area contributed by atoms with E-state index in [-0.39, 0.29) is 10.9 Å². The van der Waals surface area contributed by atoms with Gasteiger partial charge in [-0.15, -0.1) is 0 Å². The molecule has 3 N–H and O–H groups in total. The maximum atomic E-state index is 11.2. The second-order valence-corrected chi connectivity index (χ2v) is 6.55. The molecular formula is C14H20N2O2S. The van der Waals surface area contributed by atoms with Gasteiger partial charge in [-0.25, -0.2) is 13.6 Å². The van der Waals surface area contributed by atoms with Crippen LogP contribution in [0.4, 0.5) is 0 Å². The van der Waals surface area contributed by atoms with E-state index in [1.807, 2.05) is 12.1 Å². The van der Waals surface area contributed by atoms with Crippen molar-refractivity contribution in [3.63, 3.8) is 0 Å². The van der Waals surface area contributed by atoms with Gasteiger partial charge in [0.25, 0.3) is 0 Å². The Labute approximate surface area is 114 Å². The highest BCUT2D eigenvalue weighted by Gasteiger charge is 2.14. The molecule has 0 saturated heterocycles. The molecule has 4 nitrogen and oxygen atoms in total. The summed E-state index contributed by atoms with van der Waals surface area (Å²) in [5.41, 5.74) is 1.07. The van der Waals surface area contributed by atoms with E-state index in [0.29, 0.717) is 6.04 Å². The lowest BCUT2D eigenvalue weighted by molar-refractivity contribution is 0.426. The van der Waals surface area contributed by atoms with Gasteiger partial charge in [0, 0.05) is 12.1 Å². The Hall–Kier alpha value is -1.17. The van der Waals surface area contributed by atoms with Crippen LogP contribution in [0.2, 0.25) is 0 Å². The average Bonchev–Trinajstić information content (AvgIpc) is 2.39. The van der Waals surface area contributed by atoms with Crippen LogP contribution in [0.1, 0.15) is 37.8 Å². The van der Waals surface area contributed by atoms with E-state index in [0.717, 1.165) is 24.8 Å². The fourth-order valence-electron chi connectivity index (χ4n) is 2.34. The van der Waals surface area contributed by atoms with Crippen molar-refractivity contribution in [2.24, 2.45) is 5.14 Å². The molecule has 5 heteroatoms. The summed E-state index contributed by atoms with van der Waals surface area (Å²) in [5, 5.41) is 8.64. The second-order valence-electron chi connectivity index (χ2n) is 4.98. The molecule has 2 unspecified atom stereocenters. The molecule has 0 aliphatic heterocycles. The van der Waals surface area contributed by atoms with Crippen LogP contribution in [0, 0.1) is 0 Å². The summed E-state index contributed by atoms with van der Waals surface area (Å²) in [6.45, 7) is 2.09. The maximum Gasteiger partial charge on any atom is 0.238 e. The SMILES string of the molecule is CC(NC1CC=CCC1)c1ccc(S(N)(=O)=O)cc1. The smallest absolute Gasteiger partial charge is 0.238 e. The minimum Gasteiger partial charge on any atom is -0.307 e. The summed E-state index contributed by atoms with van der Waals surface area (Å²) in [6, 6.07) is 7.45. The third kappa shape index (κ3) is 3.89. The normalized spacial score (nSPS) is 21.3. The monoisotopic (exact) mass is 280 g/mol. The van der Waals surface area contributed by atoms with Gasteiger partial charge in [0.2, 0.25) is 10.0 Å². The molecule has 0 heterocycles. The number of sulfonamides is 1. The molecule has 0 saturated carbocycles. The molecule has 1 aliphatic carbocycles. The first-order valence-corrected chi connectivity index (χ1v) is 8.05. The molecule has 0 bridgehead atoms.